The third-order valence-electron chi connectivity index (χ3n) is 7.87. The van der Waals surface area contributed by atoms with Gasteiger partial charge < -0.3 is 10.2 Å². The van der Waals surface area contributed by atoms with E-state index >= 15 is 0 Å². The van der Waals surface area contributed by atoms with E-state index in [4.69, 9.17) is 11.6 Å². The molecule has 4 aromatic carbocycles. The predicted molar refractivity (Wildman–Crippen MR) is 185 cm³/mol. The fraction of sp³-hybridized carbons (Fsp3) is 0.297. The molecule has 0 saturated carbocycles. The Bertz CT molecular complexity index is 1760. The molecule has 0 radical (unpaired) electrons. The summed E-state index contributed by atoms with van der Waals surface area (Å²) in [6.07, 6.45) is 0.257. The Kier molecular flexibility index (Phi) is 11.7. The van der Waals surface area contributed by atoms with E-state index in [-0.39, 0.29) is 29.7 Å². The van der Waals surface area contributed by atoms with Crippen molar-refractivity contribution in [3.63, 3.8) is 0 Å². The first kappa shape index (κ1) is 34.7. The van der Waals surface area contributed by atoms with Crippen LogP contribution in [0.25, 0.3) is 0 Å². The summed E-state index contributed by atoms with van der Waals surface area (Å²) in [4.78, 5) is 30.1. The van der Waals surface area contributed by atoms with E-state index in [9.17, 15) is 18.0 Å². The number of sulfonamides is 1. The molecule has 1 N–H and O–H groups in total. The summed E-state index contributed by atoms with van der Waals surface area (Å²) in [7, 11) is -4.20. The molecule has 0 spiro atoms. The molecule has 1 unspecified atom stereocenters. The molecule has 0 fully saturated rings. The van der Waals surface area contributed by atoms with E-state index < -0.39 is 28.5 Å². The highest BCUT2D eigenvalue weighted by Crippen LogP contribution is 2.30. The van der Waals surface area contributed by atoms with Crippen LogP contribution >= 0.6 is 11.6 Å². The largest absolute Gasteiger partial charge is 0.354 e. The highest BCUT2D eigenvalue weighted by atomic mass is 35.5. The molecule has 0 bridgehead atoms. The van der Waals surface area contributed by atoms with Crippen LogP contribution < -0.4 is 9.62 Å². The molecule has 9 heteroatoms. The average Bonchev–Trinajstić information content (AvgIpc) is 3.02. The Morgan fingerprint density at radius 3 is 2.11 bits per heavy atom. The number of anilines is 1. The lowest BCUT2D eigenvalue weighted by Crippen LogP contribution is -2.54. The smallest absolute Gasteiger partial charge is 0.264 e. The van der Waals surface area contributed by atoms with Gasteiger partial charge in [-0.1, -0.05) is 97.7 Å². The van der Waals surface area contributed by atoms with Crippen LogP contribution in [0, 0.1) is 26.7 Å². The van der Waals surface area contributed by atoms with Crippen molar-refractivity contribution in [1.29, 1.82) is 0 Å². The number of nitrogens with zero attached hydrogens (tertiary/aromatic N) is 2. The lowest BCUT2D eigenvalue weighted by atomic mass is 10.0. The van der Waals surface area contributed by atoms with Crippen LogP contribution in [-0.4, -0.2) is 44.3 Å². The van der Waals surface area contributed by atoms with Gasteiger partial charge in [0.25, 0.3) is 10.0 Å². The molecule has 0 aliphatic carbocycles. The van der Waals surface area contributed by atoms with E-state index in [0.717, 1.165) is 26.6 Å². The monoisotopic (exact) mass is 659 g/mol. The number of nitrogens with one attached hydrogen (secondary N) is 1. The van der Waals surface area contributed by atoms with E-state index in [1.807, 2.05) is 82.3 Å². The van der Waals surface area contributed by atoms with Gasteiger partial charge in [0.2, 0.25) is 11.8 Å². The normalized spacial score (nSPS) is 12.1. The Balaban J connectivity index is 1.83. The summed E-state index contributed by atoms with van der Waals surface area (Å²) in [5, 5.41) is 3.47. The van der Waals surface area contributed by atoms with Gasteiger partial charge in [0.15, 0.2) is 0 Å². The highest BCUT2D eigenvalue weighted by Gasteiger charge is 2.35. The van der Waals surface area contributed by atoms with E-state index in [2.05, 4.69) is 5.32 Å². The van der Waals surface area contributed by atoms with Gasteiger partial charge in [0.1, 0.15) is 12.6 Å². The van der Waals surface area contributed by atoms with Gasteiger partial charge in [-0.25, -0.2) is 8.42 Å². The lowest BCUT2D eigenvalue weighted by Gasteiger charge is -2.34. The molecule has 46 heavy (non-hydrogen) atoms. The Hall–Kier alpha value is -4.14. The van der Waals surface area contributed by atoms with Gasteiger partial charge in [-0.05, 0) is 79.3 Å². The van der Waals surface area contributed by atoms with Crippen molar-refractivity contribution in [2.75, 3.05) is 17.4 Å². The lowest BCUT2D eigenvalue weighted by molar-refractivity contribution is -0.140. The van der Waals surface area contributed by atoms with Gasteiger partial charge in [0.05, 0.1) is 10.6 Å². The number of halogens is 1. The van der Waals surface area contributed by atoms with Crippen LogP contribution in [0.5, 0.6) is 0 Å². The predicted octanol–water partition coefficient (Wildman–Crippen LogP) is 6.87. The fourth-order valence-corrected chi connectivity index (χ4v) is 6.90. The number of carbonyl (C=O) groups is 2. The molecular formula is C37H42ClN3O4S. The standard InChI is InChI=1S/C37H42ClN3O4S/c1-26(2)23-39-37(43)35(22-30-12-7-6-8-13-30)40(24-31-14-10-9-11-28(31)4)36(42)25-41(34-20-17-32(38)21-29(34)5)46(44,45)33-18-15-27(3)16-19-33/h6-21,26,35H,22-25H2,1-5H3,(H,39,43). The van der Waals surface area contributed by atoms with Crippen LogP contribution in [0.4, 0.5) is 5.69 Å². The van der Waals surface area contributed by atoms with Crippen LogP contribution in [-0.2, 0) is 32.6 Å². The molecule has 242 valence electrons. The molecule has 0 aliphatic rings. The van der Waals surface area contributed by atoms with Crippen LogP contribution in [0.15, 0.2) is 102 Å². The van der Waals surface area contributed by atoms with E-state index in [1.54, 1.807) is 37.3 Å². The van der Waals surface area contributed by atoms with Crippen molar-refractivity contribution in [3.05, 3.63) is 130 Å². The van der Waals surface area contributed by atoms with Crippen LogP contribution in [0.2, 0.25) is 5.02 Å². The maximum Gasteiger partial charge on any atom is 0.264 e. The van der Waals surface area contributed by atoms with Gasteiger partial charge in [-0.3, -0.25) is 13.9 Å². The fourth-order valence-electron chi connectivity index (χ4n) is 5.20. The molecule has 2 amide bonds. The van der Waals surface area contributed by atoms with Crippen molar-refractivity contribution in [2.24, 2.45) is 5.92 Å². The first-order valence-electron chi connectivity index (χ1n) is 15.4. The number of amides is 2. The molecule has 0 heterocycles. The summed E-state index contributed by atoms with van der Waals surface area (Å²) in [5.41, 5.74) is 4.53. The van der Waals surface area contributed by atoms with Crippen molar-refractivity contribution in [1.82, 2.24) is 10.2 Å². The van der Waals surface area contributed by atoms with E-state index in [0.29, 0.717) is 22.8 Å². The minimum absolute atomic E-state index is 0.0567. The van der Waals surface area contributed by atoms with Gasteiger partial charge in [0, 0.05) is 24.5 Å². The van der Waals surface area contributed by atoms with Crippen molar-refractivity contribution in [2.45, 2.75) is 58.5 Å². The Morgan fingerprint density at radius 1 is 0.826 bits per heavy atom. The minimum Gasteiger partial charge on any atom is -0.354 e. The van der Waals surface area contributed by atoms with Crippen molar-refractivity contribution < 1.29 is 18.0 Å². The zero-order valence-corrected chi connectivity index (χ0v) is 28.6. The molecular weight excluding hydrogens is 618 g/mol. The first-order chi connectivity index (χ1) is 21.9. The maximum atomic E-state index is 14.6. The average molecular weight is 660 g/mol. The second-order valence-electron chi connectivity index (χ2n) is 12.0. The topological polar surface area (TPSA) is 86.8 Å². The van der Waals surface area contributed by atoms with Gasteiger partial charge in [-0.2, -0.15) is 0 Å². The molecule has 0 aliphatic heterocycles. The molecule has 4 rings (SSSR count). The number of hydrogen-bond donors (Lipinski definition) is 1. The number of rotatable bonds is 13. The quantitative estimate of drug-likeness (QED) is 0.170. The van der Waals surface area contributed by atoms with Crippen LogP contribution in [0.1, 0.15) is 41.7 Å². The summed E-state index contributed by atoms with van der Waals surface area (Å²) in [5.74, 6) is -0.603. The van der Waals surface area contributed by atoms with Gasteiger partial charge >= 0.3 is 0 Å². The summed E-state index contributed by atoms with van der Waals surface area (Å²) in [6.45, 7) is 9.63. The van der Waals surface area contributed by atoms with Crippen molar-refractivity contribution in [3.8, 4) is 0 Å². The molecule has 1 atom stereocenters. The van der Waals surface area contributed by atoms with Gasteiger partial charge in [-0.15, -0.1) is 0 Å². The Labute approximate surface area is 278 Å². The van der Waals surface area contributed by atoms with Crippen LogP contribution in [0.3, 0.4) is 0 Å². The SMILES string of the molecule is Cc1ccc(S(=O)(=O)N(CC(=O)N(Cc2ccccc2C)C(Cc2ccccc2)C(=O)NCC(C)C)c2ccc(Cl)cc2C)cc1. The van der Waals surface area contributed by atoms with E-state index in [1.165, 1.54) is 17.0 Å². The molecule has 0 aromatic heterocycles. The third kappa shape index (κ3) is 8.77. The molecule has 0 saturated heterocycles. The molecule has 7 nitrogen and oxygen atoms in total. The third-order valence-corrected chi connectivity index (χ3v) is 9.88. The second-order valence-corrected chi connectivity index (χ2v) is 14.3. The zero-order valence-electron chi connectivity index (χ0n) is 27.0. The summed E-state index contributed by atoms with van der Waals surface area (Å²) < 4.78 is 29.7. The zero-order chi connectivity index (χ0) is 33.4. The number of aryl methyl sites for hydroxylation is 3. The maximum absolute atomic E-state index is 14.6. The highest BCUT2D eigenvalue weighted by molar-refractivity contribution is 7.92. The second kappa shape index (κ2) is 15.4. The number of hydrogen-bond acceptors (Lipinski definition) is 4. The van der Waals surface area contributed by atoms with Crippen molar-refractivity contribution >= 4 is 39.1 Å². The first-order valence-corrected chi connectivity index (χ1v) is 17.2. The number of benzene rings is 4. The number of carbonyl (C=O) groups excluding carboxylic acids is 2. The summed E-state index contributed by atoms with van der Waals surface area (Å²) in [6, 6.07) is 27.7. The Morgan fingerprint density at radius 2 is 1.48 bits per heavy atom. The molecule has 4 aromatic rings. The summed E-state index contributed by atoms with van der Waals surface area (Å²) >= 11 is 6.25. The minimum atomic E-state index is -4.20.